The summed E-state index contributed by atoms with van der Waals surface area (Å²) in [4.78, 5) is 2.33. The van der Waals surface area contributed by atoms with Gasteiger partial charge >= 0.3 is 0 Å². The lowest BCUT2D eigenvalue weighted by molar-refractivity contribution is 0.866. The van der Waals surface area contributed by atoms with Gasteiger partial charge in [0, 0.05) is 24.5 Å². The van der Waals surface area contributed by atoms with Gasteiger partial charge in [0.05, 0.1) is 6.54 Å². The fraction of sp³-hybridized carbons (Fsp3) is 0.429. The van der Waals surface area contributed by atoms with Gasteiger partial charge in [0.2, 0.25) is 0 Å². The average molecular weight is 216 g/mol. The number of rotatable bonds is 5. The minimum atomic E-state index is 0.709. The summed E-state index contributed by atoms with van der Waals surface area (Å²) in [5.41, 5.74) is 2.40. The molecule has 2 nitrogen and oxygen atoms in total. The molecular weight excluding hydrogens is 196 g/mol. The first-order valence-corrected chi connectivity index (χ1v) is 5.80. The van der Waals surface area contributed by atoms with E-state index in [0.29, 0.717) is 6.54 Å². The van der Waals surface area contributed by atoms with Crippen LogP contribution in [0.2, 0.25) is 0 Å². The zero-order valence-corrected chi connectivity index (χ0v) is 10.4. The molecule has 0 saturated heterocycles. The van der Waals surface area contributed by atoms with Crippen LogP contribution >= 0.6 is 0 Å². The van der Waals surface area contributed by atoms with Crippen LogP contribution in [0.4, 0.5) is 11.4 Å². The number of hydrogen-bond acceptors (Lipinski definition) is 2. The molecule has 0 aromatic heterocycles. The number of anilines is 2. The van der Waals surface area contributed by atoms with Crippen molar-refractivity contribution in [2.45, 2.75) is 20.8 Å². The highest BCUT2D eigenvalue weighted by Crippen LogP contribution is 2.17. The van der Waals surface area contributed by atoms with Crippen LogP contribution in [0.5, 0.6) is 0 Å². The van der Waals surface area contributed by atoms with Crippen molar-refractivity contribution in [3.8, 4) is 11.8 Å². The predicted molar refractivity (Wildman–Crippen MR) is 71.9 cm³/mol. The fourth-order valence-electron chi connectivity index (χ4n) is 1.61. The molecule has 0 radical (unpaired) electrons. The summed E-state index contributed by atoms with van der Waals surface area (Å²) in [5, 5.41) is 3.26. The van der Waals surface area contributed by atoms with Crippen LogP contribution in [-0.4, -0.2) is 19.6 Å². The normalized spacial score (nSPS) is 9.19. The predicted octanol–water partition coefficient (Wildman–Crippen LogP) is 2.97. The third-order valence-electron chi connectivity index (χ3n) is 2.55. The van der Waals surface area contributed by atoms with Crippen LogP contribution < -0.4 is 10.2 Å². The fourth-order valence-corrected chi connectivity index (χ4v) is 1.61. The molecule has 0 aliphatic carbocycles. The minimum Gasteiger partial charge on any atom is -0.374 e. The van der Waals surface area contributed by atoms with E-state index in [1.54, 1.807) is 0 Å². The van der Waals surface area contributed by atoms with Crippen molar-refractivity contribution in [1.29, 1.82) is 0 Å². The van der Waals surface area contributed by atoms with Crippen molar-refractivity contribution in [2.75, 3.05) is 29.9 Å². The summed E-state index contributed by atoms with van der Waals surface area (Å²) >= 11 is 0. The second-order valence-corrected chi connectivity index (χ2v) is 3.50. The lowest BCUT2D eigenvalue weighted by atomic mass is 10.2. The number of nitrogens with one attached hydrogen (secondary N) is 1. The second-order valence-electron chi connectivity index (χ2n) is 3.50. The van der Waals surface area contributed by atoms with E-state index in [9.17, 15) is 0 Å². The van der Waals surface area contributed by atoms with Gasteiger partial charge in [0.25, 0.3) is 0 Å². The van der Waals surface area contributed by atoms with E-state index >= 15 is 0 Å². The molecule has 86 valence electrons. The Labute approximate surface area is 98.7 Å². The van der Waals surface area contributed by atoms with Gasteiger partial charge in [0.1, 0.15) is 0 Å². The van der Waals surface area contributed by atoms with E-state index in [1.807, 2.05) is 6.92 Å². The monoisotopic (exact) mass is 216 g/mol. The van der Waals surface area contributed by atoms with Crippen molar-refractivity contribution in [2.24, 2.45) is 0 Å². The molecule has 1 aromatic carbocycles. The summed E-state index contributed by atoms with van der Waals surface area (Å²) in [6.45, 7) is 9.00. The van der Waals surface area contributed by atoms with E-state index in [2.05, 4.69) is 60.2 Å². The quantitative estimate of drug-likeness (QED) is 0.761. The number of benzene rings is 1. The van der Waals surface area contributed by atoms with Gasteiger partial charge in [-0.25, -0.2) is 0 Å². The van der Waals surface area contributed by atoms with Crippen LogP contribution in [0.1, 0.15) is 20.8 Å². The molecule has 0 aliphatic rings. The second kappa shape index (κ2) is 6.79. The first-order valence-electron chi connectivity index (χ1n) is 5.80. The third kappa shape index (κ3) is 3.51. The van der Waals surface area contributed by atoms with Crippen molar-refractivity contribution in [3.05, 3.63) is 24.3 Å². The maximum Gasteiger partial charge on any atom is 0.0765 e. The molecule has 16 heavy (non-hydrogen) atoms. The Bertz CT molecular complexity index is 353. The Kier molecular flexibility index (Phi) is 5.28. The summed E-state index contributed by atoms with van der Waals surface area (Å²) in [6, 6.07) is 8.50. The third-order valence-corrected chi connectivity index (χ3v) is 2.55. The standard InChI is InChI=1S/C14H20N2/c1-4-7-12-15-13-8-10-14(11-9-13)16(5-2)6-3/h8-11,15H,5-6,12H2,1-3H3. The Morgan fingerprint density at radius 1 is 1.12 bits per heavy atom. The topological polar surface area (TPSA) is 15.3 Å². The van der Waals surface area contributed by atoms with Crippen molar-refractivity contribution < 1.29 is 0 Å². The van der Waals surface area contributed by atoms with E-state index in [4.69, 9.17) is 0 Å². The summed E-state index contributed by atoms with van der Waals surface area (Å²) in [6.07, 6.45) is 0. The molecule has 0 bridgehead atoms. The molecule has 0 unspecified atom stereocenters. The highest BCUT2D eigenvalue weighted by molar-refractivity contribution is 5.55. The largest absolute Gasteiger partial charge is 0.374 e. The minimum absolute atomic E-state index is 0.709. The molecule has 0 amide bonds. The maximum atomic E-state index is 3.26. The maximum absolute atomic E-state index is 3.26. The van der Waals surface area contributed by atoms with Gasteiger partial charge in [-0.1, -0.05) is 5.92 Å². The van der Waals surface area contributed by atoms with Crippen LogP contribution in [-0.2, 0) is 0 Å². The van der Waals surface area contributed by atoms with Crippen LogP contribution in [0.15, 0.2) is 24.3 Å². The molecule has 0 fully saturated rings. The Morgan fingerprint density at radius 3 is 2.25 bits per heavy atom. The average Bonchev–Trinajstić information content (AvgIpc) is 2.33. The van der Waals surface area contributed by atoms with Gasteiger partial charge < -0.3 is 10.2 Å². The molecule has 0 atom stereocenters. The molecule has 0 aliphatic heterocycles. The molecular formula is C14H20N2. The van der Waals surface area contributed by atoms with E-state index in [1.165, 1.54) is 5.69 Å². The van der Waals surface area contributed by atoms with E-state index in [0.717, 1.165) is 18.8 Å². The van der Waals surface area contributed by atoms with Gasteiger partial charge in [0.15, 0.2) is 0 Å². The molecule has 0 spiro atoms. The SMILES string of the molecule is CC#CCNc1ccc(N(CC)CC)cc1. The molecule has 1 N–H and O–H groups in total. The lowest BCUT2D eigenvalue weighted by Gasteiger charge is -2.21. The van der Waals surface area contributed by atoms with Crippen molar-refractivity contribution in [1.82, 2.24) is 0 Å². The first-order chi connectivity index (χ1) is 7.81. The van der Waals surface area contributed by atoms with Gasteiger partial charge in [-0.15, -0.1) is 5.92 Å². The molecule has 0 saturated carbocycles. The Morgan fingerprint density at radius 2 is 1.75 bits per heavy atom. The zero-order valence-electron chi connectivity index (χ0n) is 10.4. The highest BCUT2D eigenvalue weighted by atomic mass is 15.1. The van der Waals surface area contributed by atoms with E-state index < -0.39 is 0 Å². The number of hydrogen-bond donors (Lipinski definition) is 1. The Hall–Kier alpha value is -1.62. The van der Waals surface area contributed by atoms with Crippen LogP contribution in [0, 0.1) is 11.8 Å². The van der Waals surface area contributed by atoms with Crippen molar-refractivity contribution >= 4 is 11.4 Å². The summed E-state index contributed by atoms with van der Waals surface area (Å²) < 4.78 is 0. The van der Waals surface area contributed by atoms with Crippen molar-refractivity contribution in [3.63, 3.8) is 0 Å². The van der Waals surface area contributed by atoms with Gasteiger partial charge in [-0.05, 0) is 45.0 Å². The smallest absolute Gasteiger partial charge is 0.0765 e. The van der Waals surface area contributed by atoms with Crippen LogP contribution in [0.3, 0.4) is 0 Å². The Balaban J connectivity index is 2.62. The molecule has 0 heterocycles. The highest BCUT2D eigenvalue weighted by Gasteiger charge is 2.00. The first kappa shape index (κ1) is 12.4. The molecule has 2 heteroatoms. The molecule has 1 rings (SSSR count). The lowest BCUT2D eigenvalue weighted by Crippen LogP contribution is -2.21. The number of nitrogens with zero attached hydrogens (tertiary/aromatic N) is 1. The summed E-state index contributed by atoms with van der Waals surface area (Å²) in [7, 11) is 0. The summed E-state index contributed by atoms with van der Waals surface area (Å²) in [5.74, 6) is 5.85. The van der Waals surface area contributed by atoms with E-state index in [-0.39, 0.29) is 0 Å². The zero-order chi connectivity index (χ0) is 11.8. The van der Waals surface area contributed by atoms with Crippen LogP contribution in [0.25, 0.3) is 0 Å². The van der Waals surface area contributed by atoms with Gasteiger partial charge in [-0.3, -0.25) is 0 Å². The molecule has 1 aromatic rings. The van der Waals surface area contributed by atoms with Gasteiger partial charge in [-0.2, -0.15) is 0 Å².